The van der Waals surface area contributed by atoms with Crippen molar-refractivity contribution < 1.29 is 19.1 Å². The van der Waals surface area contributed by atoms with Gasteiger partial charge in [0.15, 0.2) is 0 Å². The van der Waals surface area contributed by atoms with Gasteiger partial charge in [-0.1, -0.05) is 30.3 Å². The fourth-order valence-corrected chi connectivity index (χ4v) is 6.83. The molecule has 5 fully saturated rings. The normalized spacial score (nSPS) is 35.5. The number of amides is 1. The Kier molecular flexibility index (Phi) is 6.02. The molecule has 1 aliphatic heterocycles. The largest absolute Gasteiger partial charge is 0.465 e. The zero-order valence-corrected chi connectivity index (χ0v) is 18.4. The summed E-state index contributed by atoms with van der Waals surface area (Å²) in [5.74, 6) is 2.75. The van der Waals surface area contributed by atoms with Crippen molar-refractivity contribution in [2.45, 2.75) is 57.2 Å². The van der Waals surface area contributed by atoms with Crippen LogP contribution in [0.2, 0.25) is 0 Å². The first-order valence-corrected chi connectivity index (χ1v) is 12.0. The van der Waals surface area contributed by atoms with Gasteiger partial charge in [-0.05, 0) is 68.3 Å². The molecule has 0 radical (unpaired) electrons. The van der Waals surface area contributed by atoms with Gasteiger partial charge in [-0.2, -0.15) is 0 Å². The molecule has 31 heavy (non-hydrogen) atoms. The Labute approximate surface area is 184 Å². The number of hydrogen-bond acceptors (Lipinski definition) is 5. The lowest BCUT2D eigenvalue weighted by Gasteiger charge is -2.54. The Morgan fingerprint density at radius 1 is 1.10 bits per heavy atom. The summed E-state index contributed by atoms with van der Waals surface area (Å²) < 4.78 is 11.3. The summed E-state index contributed by atoms with van der Waals surface area (Å²) in [6.07, 6.45) is 5.95. The first kappa shape index (κ1) is 21.0. The van der Waals surface area contributed by atoms with E-state index in [4.69, 9.17) is 9.47 Å². The van der Waals surface area contributed by atoms with E-state index in [2.05, 4.69) is 5.32 Å². The minimum Gasteiger partial charge on any atom is -0.465 e. The van der Waals surface area contributed by atoms with Crippen LogP contribution in [-0.4, -0.2) is 55.2 Å². The average Bonchev–Trinajstić information content (AvgIpc) is 2.77. The summed E-state index contributed by atoms with van der Waals surface area (Å²) in [6, 6.07) is 9.47. The minimum atomic E-state index is -0.549. The van der Waals surface area contributed by atoms with E-state index in [1.165, 1.54) is 32.1 Å². The molecule has 5 aliphatic rings. The summed E-state index contributed by atoms with van der Waals surface area (Å²) in [6.45, 7) is 3.59. The third kappa shape index (κ3) is 4.24. The van der Waals surface area contributed by atoms with Crippen molar-refractivity contribution in [1.82, 2.24) is 10.2 Å². The third-order valence-electron chi connectivity index (χ3n) is 7.92. The van der Waals surface area contributed by atoms with Crippen LogP contribution >= 0.6 is 0 Å². The first-order chi connectivity index (χ1) is 15.1. The van der Waals surface area contributed by atoms with Crippen molar-refractivity contribution in [3.8, 4) is 0 Å². The van der Waals surface area contributed by atoms with Crippen LogP contribution in [0.1, 0.15) is 50.6 Å². The van der Waals surface area contributed by atoms with Gasteiger partial charge in [-0.3, -0.25) is 9.69 Å². The van der Waals surface area contributed by atoms with Crippen LogP contribution in [-0.2, 0) is 19.1 Å². The summed E-state index contributed by atoms with van der Waals surface area (Å²) in [7, 11) is 0. The molecule has 0 spiro atoms. The maximum absolute atomic E-state index is 13.2. The predicted molar refractivity (Wildman–Crippen MR) is 116 cm³/mol. The second-order valence-corrected chi connectivity index (χ2v) is 9.88. The highest BCUT2D eigenvalue weighted by molar-refractivity contribution is 5.82. The third-order valence-corrected chi connectivity index (χ3v) is 7.92. The number of carbonyl (C=O) groups excluding carboxylic acids is 2. The minimum absolute atomic E-state index is 0.0159. The lowest BCUT2D eigenvalue weighted by molar-refractivity contribution is -0.157. The summed E-state index contributed by atoms with van der Waals surface area (Å²) >= 11 is 0. The maximum atomic E-state index is 13.2. The number of hydrogen-bond donors (Lipinski definition) is 1. The molecule has 1 saturated heterocycles. The molecule has 6 heteroatoms. The van der Waals surface area contributed by atoms with E-state index in [9.17, 15) is 9.59 Å². The van der Waals surface area contributed by atoms with E-state index in [1.807, 2.05) is 42.2 Å². The highest BCUT2D eigenvalue weighted by atomic mass is 16.5. The standard InChI is InChI=1S/C25H34N2O4/c1-2-30-25(29)23(18-6-4-3-5-7-18)27-8-9-31-21(15-27)24(28)26-22-19-11-16-10-17(13-19)14-20(22)12-16/h3-7,16-17,19-23H,2,8-15H2,1H3,(H,26,28). The molecule has 1 aromatic carbocycles. The Bertz CT molecular complexity index is 770. The topological polar surface area (TPSA) is 67.9 Å². The molecule has 1 heterocycles. The monoisotopic (exact) mass is 426 g/mol. The molecule has 1 amide bonds. The van der Waals surface area contributed by atoms with Gasteiger partial charge in [0, 0.05) is 19.1 Å². The van der Waals surface area contributed by atoms with E-state index >= 15 is 0 Å². The molecule has 1 aromatic rings. The van der Waals surface area contributed by atoms with Crippen LogP contribution in [0.15, 0.2) is 30.3 Å². The van der Waals surface area contributed by atoms with Gasteiger partial charge in [0.2, 0.25) is 0 Å². The maximum Gasteiger partial charge on any atom is 0.328 e. The van der Waals surface area contributed by atoms with E-state index < -0.39 is 12.1 Å². The van der Waals surface area contributed by atoms with Crippen molar-refractivity contribution in [2.24, 2.45) is 23.7 Å². The Morgan fingerprint density at radius 2 is 1.77 bits per heavy atom. The average molecular weight is 427 g/mol. The fourth-order valence-electron chi connectivity index (χ4n) is 6.83. The Morgan fingerprint density at radius 3 is 2.42 bits per heavy atom. The molecule has 4 saturated carbocycles. The van der Waals surface area contributed by atoms with Gasteiger partial charge in [0.25, 0.3) is 5.91 Å². The molecule has 168 valence electrons. The van der Waals surface area contributed by atoms with Gasteiger partial charge in [-0.25, -0.2) is 4.79 Å². The fraction of sp³-hybridized carbons (Fsp3) is 0.680. The molecule has 1 N–H and O–H groups in total. The van der Waals surface area contributed by atoms with Crippen molar-refractivity contribution >= 4 is 11.9 Å². The highest BCUT2D eigenvalue weighted by Crippen LogP contribution is 2.53. The molecule has 0 aromatic heterocycles. The van der Waals surface area contributed by atoms with E-state index in [0.717, 1.165) is 17.4 Å². The van der Waals surface area contributed by atoms with Crippen LogP contribution in [0.25, 0.3) is 0 Å². The van der Waals surface area contributed by atoms with Gasteiger partial charge < -0.3 is 14.8 Å². The molecule has 6 nitrogen and oxygen atoms in total. The lowest BCUT2D eigenvalue weighted by atomic mass is 9.54. The number of rotatable bonds is 6. The second kappa shape index (κ2) is 8.91. The van der Waals surface area contributed by atoms with Crippen molar-refractivity contribution in [3.05, 3.63) is 35.9 Å². The highest BCUT2D eigenvalue weighted by Gasteiger charge is 2.49. The zero-order valence-electron chi connectivity index (χ0n) is 18.4. The molecular formula is C25H34N2O4. The van der Waals surface area contributed by atoms with Crippen molar-refractivity contribution in [3.63, 3.8) is 0 Å². The van der Waals surface area contributed by atoms with E-state index in [0.29, 0.717) is 44.2 Å². The molecule has 2 unspecified atom stereocenters. The van der Waals surface area contributed by atoms with Crippen LogP contribution in [0.3, 0.4) is 0 Å². The van der Waals surface area contributed by atoms with Crippen LogP contribution < -0.4 is 5.32 Å². The van der Waals surface area contributed by atoms with Crippen molar-refractivity contribution in [2.75, 3.05) is 26.3 Å². The molecule has 2 atom stereocenters. The number of carbonyl (C=O) groups is 2. The van der Waals surface area contributed by atoms with Crippen LogP contribution in [0.4, 0.5) is 0 Å². The number of nitrogens with zero attached hydrogens (tertiary/aromatic N) is 1. The van der Waals surface area contributed by atoms with Crippen molar-refractivity contribution in [1.29, 1.82) is 0 Å². The summed E-state index contributed by atoms with van der Waals surface area (Å²) in [5.41, 5.74) is 0.892. The Hall–Kier alpha value is -1.92. The zero-order chi connectivity index (χ0) is 21.4. The molecular weight excluding hydrogens is 392 g/mol. The van der Waals surface area contributed by atoms with Gasteiger partial charge in [0.05, 0.1) is 13.2 Å². The number of nitrogens with one attached hydrogen (secondary N) is 1. The van der Waals surface area contributed by atoms with Crippen LogP contribution in [0, 0.1) is 23.7 Å². The van der Waals surface area contributed by atoms with Crippen LogP contribution in [0.5, 0.6) is 0 Å². The molecule has 4 bridgehead atoms. The SMILES string of the molecule is CCOC(=O)C(c1ccccc1)N1CCOC(C(=O)NC2C3CC4CC(C3)CC2C4)C1. The number of benzene rings is 1. The van der Waals surface area contributed by atoms with Gasteiger partial charge in [-0.15, -0.1) is 0 Å². The summed E-state index contributed by atoms with van der Waals surface area (Å²) in [5, 5.41) is 3.38. The Balaban J connectivity index is 1.27. The first-order valence-electron chi connectivity index (χ1n) is 12.0. The molecule has 4 aliphatic carbocycles. The summed E-state index contributed by atoms with van der Waals surface area (Å²) in [4.78, 5) is 28.0. The predicted octanol–water partition coefficient (Wildman–Crippen LogP) is 2.93. The smallest absolute Gasteiger partial charge is 0.328 e. The van der Waals surface area contributed by atoms with E-state index in [1.54, 1.807) is 0 Å². The number of ether oxygens (including phenoxy) is 2. The number of morpholine rings is 1. The second-order valence-electron chi connectivity index (χ2n) is 9.88. The number of esters is 1. The molecule has 6 rings (SSSR count). The van der Waals surface area contributed by atoms with Gasteiger partial charge in [0.1, 0.15) is 12.1 Å². The quantitative estimate of drug-likeness (QED) is 0.709. The van der Waals surface area contributed by atoms with Gasteiger partial charge >= 0.3 is 5.97 Å². The van der Waals surface area contributed by atoms with E-state index in [-0.39, 0.29) is 11.9 Å². The lowest BCUT2D eigenvalue weighted by Crippen LogP contribution is -2.59.